The molecule has 0 aliphatic carbocycles. The number of H-pyrrole nitrogens is 1. The molecule has 1 aromatic heterocycles. The van der Waals surface area contributed by atoms with Crippen LogP contribution in [0.2, 0.25) is 5.02 Å². The molecule has 0 atom stereocenters. The number of aromatic amines is 1. The fourth-order valence-electron chi connectivity index (χ4n) is 2.24. The number of benzene rings is 1. The molecule has 0 amide bonds. The second-order valence-electron chi connectivity index (χ2n) is 4.53. The van der Waals surface area contributed by atoms with Crippen LogP contribution in [0.5, 0.6) is 0 Å². The summed E-state index contributed by atoms with van der Waals surface area (Å²) < 4.78 is 0. The molecule has 0 bridgehead atoms. The minimum absolute atomic E-state index is 0.742. The minimum Gasteiger partial charge on any atom is -0.352 e. The third-order valence-electron chi connectivity index (χ3n) is 3.31. The highest BCUT2D eigenvalue weighted by Crippen LogP contribution is 2.26. The molecule has 1 saturated heterocycles. The number of hydrogen-bond acceptors (Lipinski definition) is 3. The first-order valence-corrected chi connectivity index (χ1v) is 6.19. The summed E-state index contributed by atoms with van der Waals surface area (Å²) in [6.45, 7) is 4.22. The molecule has 0 spiro atoms. The van der Waals surface area contributed by atoms with E-state index in [2.05, 4.69) is 27.0 Å². The van der Waals surface area contributed by atoms with Gasteiger partial charge in [-0.15, -0.1) is 0 Å². The summed E-state index contributed by atoms with van der Waals surface area (Å²) in [6, 6.07) is 5.87. The quantitative estimate of drug-likeness (QED) is 0.841. The molecule has 1 fully saturated rings. The van der Waals surface area contributed by atoms with Crippen molar-refractivity contribution >= 4 is 28.3 Å². The molecule has 1 aliphatic rings. The second kappa shape index (κ2) is 4.20. The van der Waals surface area contributed by atoms with Crippen LogP contribution >= 0.6 is 11.6 Å². The van der Waals surface area contributed by atoms with Crippen LogP contribution in [-0.4, -0.2) is 48.3 Å². The van der Waals surface area contributed by atoms with Gasteiger partial charge < -0.3 is 9.80 Å². The average Bonchev–Trinajstić information content (AvgIpc) is 2.73. The fraction of sp³-hybridized carbons (Fsp3) is 0.417. The normalized spacial score (nSPS) is 17.9. The van der Waals surface area contributed by atoms with Gasteiger partial charge in [-0.05, 0) is 25.2 Å². The summed E-state index contributed by atoms with van der Waals surface area (Å²) in [5.41, 5.74) is 1.01. The lowest BCUT2D eigenvalue weighted by molar-refractivity contribution is 0.312. The van der Waals surface area contributed by atoms with Crippen molar-refractivity contribution in [1.82, 2.24) is 15.1 Å². The maximum atomic E-state index is 5.96. The van der Waals surface area contributed by atoms with Crippen molar-refractivity contribution in [1.29, 1.82) is 0 Å². The third-order valence-corrected chi connectivity index (χ3v) is 3.54. The molecule has 1 N–H and O–H groups in total. The van der Waals surface area contributed by atoms with Crippen LogP contribution in [0.1, 0.15) is 0 Å². The Hall–Kier alpha value is -1.26. The lowest BCUT2D eigenvalue weighted by atomic mass is 10.2. The van der Waals surface area contributed by atoms with E-state index in [0.717, 1.165) is 47.9 Å². The molecule has 5 heteroatoms. The second-order valence-corrected chi connectivity index (χ2v) is 4.96. The SMILES string of the molecule is CN1CCN(c2n[nH]c3cc(Cl)ccc23)CC1. The highest BCUT2D eigenvalue weighted by atomic mass is 35.5. The summed E-state index contributed by atoms with van der Waals surface area (Å²) >= 11 is 5.96. The van der Waals surface area contributed by atoms with E-state index in [0.29, 0.717) is 0 Å². The van der Waals surface area contributed by atoms with Gasteiger partial charge in [-0.25, -0.2) is 0 Å². The number of rotatable bonds is 1. The number of likely N-dealkylation sites (N-methyl/N-ethyl adjacent to an activating group) is 1. The standard InChI is InChI=1S/C12H15ClN4/c1-16-4-6-17(7-5-16)12-10-3-2-9(13)8-11(10)14-15-12/h2-3,8H,4-7H2,1H3,(H,14,15). The number of anilines is 1. The van der Waals surface area contributed by atoms with Gasteiger partial charge in [-0.3, -0.25) is 5.10 Å². The van der Waals surface area contributed by atoms with Crippen LogP contribution < -0.4 is 4.90 Å². The van der Waals surface area contributed by atoms with Gasteiger partial charge in [0.05, 0.1) is 5.52 Å². The van der Waals surface area contributed by atoms with Gasteiger partial charge in [0.1, 0.15) is 0 Å². The monoisotopic (exact) mass is 250 g/mol. The number of hydrogen-bond donors (Lipinski definition) is 1. The van der Waals surface area contributed by atoms with Crippen molar-refractivity contribution in [3.63, 3.8) is 0 Å². The van der Waals surface area contributed by atoms with Crippen LogP contribution in [0.3, 0.4) is 0 Å². The van der Waals surface area contributed by atoms with E-state index >= 15 is 0 Å². The molecule has 1 aliphatic heterocycles. The zero-order valence-electron chi connectivity index (χ0n) is 9.78. The summed E-state index contributed by atoms with van der Waals surface area (Å²) in [5, 5.41) is 9.35. The van der Waals surface area contributed by atoms with Crippen molar-refractivity contribution in [3.8, 4) is 0 Å². The van der Waals surface area contributed by atoms with Gasteiger partial charge in [0, 0.05) is 36.6 Å². The molecule has 17 heavy (non-hydrogen) atoms. The van der Waals surface area contributed by atoms with Gasteiger partial charge in [0.15, 0.2) is 5.82 Å². The lowest BCUT2D eigenvalue weighted by Gasteiger charge is -2.32. The zero-order chi connectivity index (χ0) is 11.8. The summed E-state index contributed by atoms with van der Waals surface area (Å²) in [7, 11) is 2.15. The molecule has 2 aromatic rings. The summed E-state index contributed by atoms with van der Waals surface area (Å²) in [6.07, 6.45) is 0. The van der Waals surface area contributed by atoms with E-state index in [4.69, 9.17) is 11.6 Å². The number of piperazine rings is 1. The number of aromatic nitrogens is 2. The minimum atomic E-state index is 0.742. The predicted molar refractivity (Wildman–Crippen MR) is 70.8 cm³/mol. The van der Waals surface area contributed by atoms with E-state index in [1.54, 1.807) is 0 Å². The molecular formula is C12H15ClN4. The van der Waals surface area contributed by atoms with Crippen LogP contribution in [0, 0.1) is 0 Å². The van der Waals surface area contributed by atoms with Gasteiger partial charge in [0.2, 0.25) is 0 Å². The van der Waals surface area contributed by atoms with Gasteiger partial charge >= 0.3 is 0 Å². The zero-order valence-corrected chi connectivity index (χ0v) is 10.5. The maximum Gasteiger partial charge on any atom is 0.158 e. The van der Waals surface area contributed by atoms with E-state index in [9.17, 15) is 0 Å². The Labute approximate surface area is 105 Å². The molecule has 0 radical (unpaired) electrons. The Morgan fingerprint density at radius 2 is 2.00 bits per heavy atom. The smallest absolute Gasteiger partial charge is 0.158 e. The Morgan fingerprint density at radius 1 is 1.24 bits per heavy atom. The molecule has 0 unspecified atom stereocenters. The first kappa shape index (κ1) is 10.9. The first-order valence-electron chi connectivity index (χ1n) is 5.81. The Morgan fingerprint density at radius 3 is 2.76 bits per heavy atom. The van der Waals surface area contributed by atoms with Gasteiger partial charge in [-0.1, -0.05) is 11.6 Å². The topological polar surface area (TPSA) is 35.2 Å². The highest BCUT2D eigenvalue weighted by molar-refractivity contribution is 6.31. The van der Waals surface area contributed by atoms with E-state index < -0.39 is 0 Å². The summed E-state index contributed by atoms with van der Waals surface area (Å²) in [4.78, 5) is 4.66. The van der Waals surface area contributed by atoms with Gasteiger partial charge in [-0.2, -0.15) is 5.10 Å². The van der Waals surface area contributed by atoms with Gasteiger partial charge in [0.25, 0.3) is 0 Å². The van der Waals surface area contributed by atoms with Crippen LogP contribution in [0.25, 0.3) is 10.9 Å². The molecule has 3 rings (SSSR count). The maximum absolute atomic E-state index is 5.96. The van der Waals surface area contributed by atoms with Crippen LogP contribution in [-0.2, 0) is 0 Å². The van der Waals surface area contributed by atoms with Crippen molar-refractivity contribution in [2.75, 3.05) is 38.1 Å². The number of fused-ring (bicyclic) bond motifs is 1. The molecule has 90 valence electrons. The van der Waals surface area contributed by atoms with Crippen molar-refractivity contribution in [2.24, 2.45) is 0 Å². The van der Waals surface area contributed by atoms with Crippen molar-refractivity contribution < 1.29 is 0 Å². The van der Waals surface area contributed by atoms with Crippen molar-refractivity contribution in [2.45, 2.75) is 0 Å². The predicted octanol–water partition coefficient (Wildman–Crippen LogP) is 1.97. The third kappa shape index (κ3) is 1.98. The molecular weight excluding hydrogens is 236 g/mol. The lowest BCUT2D eigenvalue weighted by Crippen LogP contribution is -2.44. The van der Waals surface area contributed by atoms with E-state index in [1.807, 2.05) is 18.2 Å². The molecule has 2 heterocycles. The highest BCUT2D eigenvalue weighted by Gasteiger charge is 2.18. The summed E-state index contributed by atoms with van der Waals surface area (Å²) in [5.74, 6) is 1.05. The first-order chi connectivity index (χ1) is 8.24. The fourth-order valence-corrected chi connectivity index (χ4v) is 2.41. The van der Waals surface area contributed by atoms with Crippen molar-refractivity contribution in [3.05, 3.63) is 23.2 Å². The number of nitrogens with zero attached hydrogens (tertiary/aromatic N) is 3. The molecule has 4 nitrogen and oxygen atoms in total. The largest absolute Gasteiger partial charge is 0.352 e. The van der Waals surface area contributed by atoms with Crippen LogP contribution in [0.15, 0.2) is 18.2 Å². The molecule has 0 saturated carbocycles. The Bertz CT molecular complexity index is 528. The number of halogens is 1. The molecule has 1 aromatic carbocycles. The van der Waals surface area contributed by atoms with E-state index in [-0.39, 0.29) is 0 Å². The average molecular weight is 251 g/mol. The van der Waals surface area contributed by atoms with Crippen LogP contribution in [0.4, 0.5) is 5.82 Å². The number of nitrogens with one attached hydrogen (secondary N) is 1. The Balaban J connectivity index is 1.95. The Kier molecular flexibility index (Phi) is 2.68. The van der Waals surface area contributed by atoms with E-state index in [1.165, 1.54) is 0 Å².